The highest BCUT2D eigenvalue weighted by molar-refractivity contribution is 5.89. The number of hydrogen-bond acceptors (Lipinski definition) is 7. The van der Waals surface area contributed by atoms with Crippen LogP contribution in [0.3, 0.4) is 0 Å². The highest BCUT2D eigenvalue weighted by Gasteiger charge is 2.58. The van der Waals surface area contributed by atoms with Gasteiger partial charge >= 0.3 is 5.97 Å². The molecule has 3 aliphatic rings. The van der Waals surface area contributed by atoms with E-state index in [0.29, 0.717) is 12.0 Å². The minimum Gasteiger partial charge on any atom is -0.505 e. The van der Waals surface area contributed by atoms with Gasteiger partial charge in [-0.05, 0) is 29.9 Å². The first-order chi connectivity index (χ1) is 11.1. The van der Waals surface area contributed by atoms with Crippen LogP contribution in [0.15, 0.2) is 35.3 Å². The summed E-state index contributed by atoms with van der Waals surface area (Å²) in [5.41, 5.74) is 1.32. The third-order valence-corrected chi connectivity index (χ3v) is 5.07. The summed E-state index contributed by atoms with van der Waals surface area (Å²) in [6, 6.07) is 0. The normalized spacial score (nSPS) is 38.8. The Labute approximate surface area is 139 Å². The van der Waals surface area contributed by atoms with Gasteiger partial charge in [0.2, 0.25) is 11.5 Å². The van der Waals surface area contributed by atoms with Gasteiger partial charge in [-0.2, -0.15) is 0 Å². The van der Waals surface area contributed by atoms with Gasteiger partial charge in [0.1, 0.15) is 12.2 Å². The molecule has 0 aromatic rings. The molecule has 2 aliphatic heterocycles. The lowest BCUT2D eigenvalue weighted by Gasteiger charge is -2.45. The lowest BCUT2D eigenvalue weighted by molar-refractivity contribution is -0.220. The molecule has 7 heteroatoms. The Bertz CT molecular complexity index is 660. The molecule has 1 saturated heterocycles. The van der Waals surface area contributed by atoms with Gasteiger partial charge in [0.05, 0.1) is 6.61 Å². The monoisotopic (exact) mass is 338 g/mol. The molecular formula is C17H22O7. The smallest absolute Gasteiger partial charge is 0.377 e. The summed E-state index contributed by atoms with van der Waals surface area (Å²) in [6.45, 7) is 9.64. The number of esters is 1. The van der Waals surface area contributed by atoms with Crippen molar-refractivity contribution >= 4 is 5.97 Å². The summed E-state index contributed by atoms with van der Waals surface area (Å²) in [4.78, 5) is 11.4. The standard InChI is InChI=1S/C17H22O7/c1-5-9-8(2)17(11(18)6-16(9,3)4)22-7-10(24-17)14-12(19)13(20)15(21)23-14/h5,10-11,14,18-20H,1,6-7H2,2-4H3/t10-,11?,14+,17?/m0/s1. The average molecular weight is 338 g/mol. The molecule has 2 heterocycles. The molecule has 0 amide bonds. The second-order valence-corrected chi connectivity index (χ2v) is 7.04. The van der Waals surface area contributed by atoms with E-state index in [2.05, 4.69) is 6.58 Å². The van der Waals surface area contributed by atoms with Gasteiger partial charge < -0.3 is 29.5 Å². The van der Waals surface area contributed by atoms with E-state index in [4.69, 9.17) is 14.2 Å². The van der Waals surface area contributed by atoms with Crippen LogP contribution in [0.4, 0.5) is 0 Å². The molecule has 24 heavy (non-hydrogen) atoms. The summed E-state index contributed by atoms with van der Waals surface area (Å²) in [7, 11) is 0. The molecule has 1 aliphatic carbocycles. The first kappa shape index (κ1) is 17.0. The van der Waals surface area contributed by atoms with Crippen LogP contribution in [0, 0.1) is 5.41 Å². The van der Waals surface area contributed by atoms with Gasteiger partial charge in [-0.15, -0.1) is 0 Å². The zero-order valence-electron chi connectivity index (χ0n) is 13.9. The number of aliphatic hydroxyl groups is 3. The van der Waals surface area contributed by atoms with Crippen molar-refractivity contribution in [1.82, 2.24) is 0 Å². The van der Waals surface area contributed by atoms with Crippen molar-refractivity contribution in [3.63, 3.8) is 0 Å². The van der Waals surface area contributed by atoms with Crippen LogP contribution in [0.5, 0.6) is 0 Å². The fraction of sp³-hybridized carbons (Fsp3) is 0.588. The first-order valence-corrected chi connectivity index (χ1v) is 7.81. The minimum atomic E-state index is -1.38. The van der Waals surface area contributed by atoms with Crippen molar-refractivity contribution in [3.05, 3.63) is 35.3 Å². The molecule has 1 fully saturated rings. The van der Waals surface area contributed by atoms with Crippen LogP contribution in [0.25, 0.3) is 0 Å². The molecule has 3 rings (SSSR count). The van der Waals surface area contributed by atoms with E-state index in [1.165, 1.54) is 0 Å². The van der Waals surface area contributed by atoms with Crippen LogP contribution in [0.2, 0.25) is 0 Å². The van der Waals surface area contributed by atoms with Crippen molar-refractivity contribution in [3.8, 4) is 0 Å². The molecule has 132 valence electrons. The zero-order chi connectivity index (χ0) is 17.9. The number of allylic oxidation sites excluding steroid dienone is 2. The molecular weight excluding hydrogens is 316 g/mol. The molecule has 3 N–H and O–H groups in total. The Morgan fingerprint density at radius 1 is 1.33 bits per heavy atom. The predicted molar refractivity (Wildman–Crippen MR) is 83.0 cm³/mol. The lowest BCUT2D eigenvalue weighted by Crippen LogP contribution is -2.52. The van der Waals surface area contributed by atoms with Crippen LogP contribution < -0.4 is 0 Å². The first-order valence-electron chi connectivity index (χ1n) is 7.81. The van der Waals surface area contributed by atoms with Gasteiger partial charge in [0.15, 0.2) is 11.9 Å². The second kappa shape index (κ2) is 5.34. The van der Waals surface area contributed by atoms with E-state index in [1.54, 1.807) is 13.0 Å². The molecule has 0 aromatic carbocycles. The number of aliphatic hydroxyl groups excluding tert-OH is 3. The second-order valence-electron chi connectivity index (χ2n) is 7.04. The molecule has 0 bridgehead atoms. The van der Waals surface area contributed by atoms with E-state index in [1.807, 2.05) is 13.8 Å². The molecule has 2 unspecified atom stereocenters. The molecule has 0 radical (unpaired) electrons. The van der Waals surface area contributed by atoms with Gasteiger partial charge in [0.25, 0.3) is 0 Å². The van der Waals surface area contributed by atoms with Crippen molar-refractivity contribution in [2.75, 3.05) is 6.61 Å². The van der Waals surface area contributed by atoms with Gasteiger partial charge in [-0.3, -0.25) is 0 Å². The van der Waals surface area contributed by atoms with E-state index < -0.39 is 41.6 Å². The molecule has 0 aromatic heterocycles. The van der Waals surface area contributed by atoms with Crippen molar-refractivity contribution < 1.29 is 34.3 Å². The molecule has 1 spiro atoms. The minimum absolute atomic E-state index is 0.00542. The predicted octanol–water partition coefficient (Wildman–Crippen LogP) is 1.64. The van der Waals surface area contributed by atoms with Crippen molar-refractivity contribution in [2.45, 2.75) is 51.3 Å². The fourth-order valence-electron chi connectivity index (χ4n) is 3.84. The van der Waals surface area contributed by atoms with Gasteiger partial charge in [0, 0.05) is 0 Å². The van der Waals surface area contributed by atoms with E-state index in [0.717, 1.165) is 5.57 Å². The third kappa shape index (κ3) is 2.19. The van der Waals surface area contributed by atoms with Crippen LogP contribution in [0.1, 0.15) is 27.2 Å². The quantitative estimate of drug-likeness (QED) is 0.657. The number of rotatable bonds is 2. The third-order valence-electron chi connectivity index (χ3n) is 5.07. The van der Waals surface area contributed by atoms with Crippen LogP contribution >= 0.6 is 0 Å². The zero-order valence-corrected chi connectivity index (χ0v) is 13.9. The SMILES string of the molecule is C=CC1=C(C)C2(OC[C@@H]([C@H]3OC(=O)C(O)=C3O)O2)C(O)CC1(C)C. The maximum Gasteiger partial charge on any atom is 0.377 e. The lowest BCUT2D eigenvalue weighted by atomic mass is 9.69. The summed E-state index contributed by atoms with van der Waals surface area (Å²) in [5, 5.41) is 29.9. The summed E-state index contributed by atoms with van der Waals surface area (Å²) < 4.78 is 16.7. The highest BCUT2D eigenvalue weighted by Crippen LogP contribution is 2.50. The topological polar surface area (TPSA) is 105 Å². The molecule has 4 atom stereocenters. The number of carbonyl (C=O) groups is 1. The maximum atomic E-state index is 11.4. The molecule has 7 nitrogen and oxygen atoms in total. The maximum absolute atomic E-state index is 11.4. The van der Waals surface area contributed by atoms with Gasteiger partial charge in [-0.25, -0.2) is 4.79 Å². The Morgan fingerprint density at radius 3 is 2.54 bits per heavy atom. The Balaban J connectivity index is 1.94. The number of hydrogen-bond donors (Lipinski definition) is 3. The molecule has 0 saturated carbocycles. The van der Waals surface area contributed by atoms with Crippen LogP contribution in [-0.4, -0.2) is 52.0 Å². The average Bonchev–Trinajstić information content (AvgIpc) is 3.04. The Kier molecular flexibility index (Phi) is 3.78. The summed E-state index contributed by atoms with van der Waals surface area (Å²) in [5.74, 6) is -3.79. The van der Waals surface area contributed by atoms with E-state index in [-0.39, 0.29) is 12.0 Å². The number of ether oxygens (including phenoxy) is 3. The summed E-state index contributed by atoms with van der Waals surface area (Å²) >= 11 is 0. The highest BCUT2D eigenvalue weighted by atomic mass is 16.8. The Hall–Kier alpha value is -1.83. The largest absolute Gasteiger partial charge is 0.505 e. The van der Waals surface area contributed by atoms with Gasteiger partial charge in [-0.1, -0.05) is 26.5 Å². The van der Waals surface area contributed by atoms with Crippen molar-refractivity contribution in [1.29, 1.82) is 0 Å². The number of carbonyl (C=O) groups excluding carboxylic acids is 1. The Morgan fingerprint density at radius 2 is 2.00 bits per heavy atom. The number of cyclic esters (lactones) is 1. The van der Waals surface area contributed by atoms with Crippen molar-refractivity contribution in [2.24, 2.45) is 5.41 Å². The van der Waals surface area contributed by atoms with E-state index >= 15 is 0 Å². The fourth-order valence-corrected chi connectivity index (χ4v) is 3.84. The van der Waals surface area contributed by atoms with Crippen LogP contribution in [-0.2, 0) is 19.0 Å². The summed E-state index contributed by atoms with van der Waals surface area (Å²) in [6.07, 6.45) is -0.801. The van der Waals surface area contributed by atoms with E-state index in [9.17, 15) is 20.1 Å².